The molecule has 2 aliphatic rings. The first-order valence-corrected chi connectivity index (χ1v) is 11.3. The second-order valence-corrected chi connectivity index (χ2v) is 9.46. The van der Waals surface area contributed by atoms with Gasteiger partial charge in [-0.05, 0) is 45.1 Å². The molecule has 4 rings (SSSR count). The van der Waals surface area contributed by atoms with E-state index in [-0.39, 0.29) is 18.5 Å². The van der Waals surface area contributed by atoms with Crippen LogP contribution in [0.5, 0.6) is 0 Å². The van der Waals surface area contributed by atoms with Crippen molar-refractivity contribution < 1.29 is 13.2 Å². The van der Waals surface area contributed by atoms with Crippen LogP contribution in [0.1, 0.15) is 61.1 Å². The highest BCUT2D eigenvalue weighted by Crippen LogP contribution is 2.39. The predicted octanol–water partition coefficient (Wildman–Crippen LogP) is 1.52. The summed E-state index contributed by atoms with van der Waals surface area (Å²) in [7, 11) is -3.40. The fourth-order valence-corrected chi connectivity index (χ4v) is 4.14. The molecule has 1 N–H and O–H groups in total. The van der Waals surface area contributed by atoms with Gasteiger partial charge in [0.2, 0.25) is 15.9 Å². The summed E-state index contributed by atoms with van der Waals surface area (Å²) in [4.78, 5) is 19.1. The number of hydrogen-bond acceptors (Lipinski definition) is 5. The highest BCUT2D eigenvalue weighted by molar-refractivity contribution is 7.88. The lowest BCUT2D eigenvalue weighted by molar-refractivity contribution is -0.133. The molecule has 2 aromatic rings. The normalized spacial score (nSPS) is 21.0. The van der Waals surface area contributed by atoms with Gasteiger partial charge in [0.25, 0.3) is 0 Å². The Labute approximate surface area is 159 Å². The van der Waals surface area contributed by atoms with Crippen molar-refractivity contribution in [3.63, 3.8) is 0 Å². The first-order valence-electron chi connectivity index (χ1n) is 9.43. The van der Waals surface area contributed by atoms with Gasteiger partial charge in [-0.3, -0.25) is 4.79 Å². The van der Waals surface area contributed by atoms with Crippen molar-refractivity contribution in [3.05, 3.63) is 29.2 Å². The van der Waals surface area contributed by atoms with Crippen molar-refractivity contribution >= 4 is 21.6 Å². The summed E-state index contributed by atoms with van der Waals surface area (Å²) in [5.74, 6) is 0.354. The van der Waals surface area contributed by atoms with Gasteiger partial charge in [0.15, 0.2) is 5.65 Å². The third-order valence-corrected chi connectivity index (χ3v) is 5.96. The van der Waals surface area contributed by atoms with E-state index >= 15 is 0 Å². The molecule has 3 heterocycles. The Morgan fingerprint density at radius 1 is 1.22 bits per heavy atom. The van der Waals surface area contributed by atoms with Crippen molar-refractivity contribution in [1.29, 1.82) is 0 Å². The predicted molar refractivity (Wildman–Crippen MR) is 101 cm³/mol. The number of fused-ring (bicyclic) bond motifs is 1. The molecule has 1 aliphatic heterocycles. The van der Waals surface area contributed by atoms with E-state index in [0.29, 0.717) is 12.5 Å². The van der Waals surface area contributed by atoms with E-state index in [0.717, 1.165) is 48.2 Å². The zero-order chi connectivity index (χ0) is 19.2. The maximum Gasteiger partial charge on any atom is 0.238 e. The number of nitrogens with zero attached hydrogens (tertiary/aromatic N) is 4. The minimum Gasteiger partial charge on any atom is -0.333 e. The summed E-state index contributed by atoms with van der Waals surface area (Å²) in [6.07, 6.45) is 6.20. The number of amides is 1. The topological polar surface area (TPSA) is 96.7 Å². The fourth-order valence-electron chi connectivity index (χ4n) is 3.75. The van der Waals surface area contributed by atoms with E-state index in [9.17, 15) is 13.2 Å². The largest absolute Gasteiger partial charge is 0.333 e. The number of likely N-dealkylation sites (tertiary alicyclic amines) is 1. The zero-order valence-electron chi connectivity index (χ0n) is 15.7. The monoisotopic (exact) mass is 391 g/mol. The van der Waals surface area contributed by atoms with Crippen molar-refractivity contribution in [1.82, 2.24) is 24.2 Å². The number of carbonyl (C=O) groups is 1. The number of aromatic nitrogens is 3. The van der Waals surface area contributed by atoms with Crippen LogP contribution in [-0.2, 0) is 14.8 Å². The molecule has 1 atom stereocenters. The first-order chi connectivity index (χ1) is 12.8. The van der Waals surface area contributed by atoms with Crippen LogP contribution >= 0.6 is 0 Å². The highest BCUT2D eigenvalue weighted by Gasteiger charge is 2.31. The summed E-state index contributed by atoms with van der Waals surface area (Å²) in [6, 6.07) is 3.93. The summed E-state index contributed by atoms with van der Waals surface area (Å²) in [6.45, 7) is 2.42. The SMILES string of the molecule is Cc1cc(C2CC2)nc2cc(C3CCCCN3C(=O)CNS(C)(=O)=O)nn12. The minimum atomic E-state index is -3.40. The van der Waals surface area contributed by atoms with Crippen LogP contribution in [0.25, 0.3) is 5.65 Å². The highest BCUT2D eigenvalue weighted by atomic mass is 32.2. The summed E-state index contributed by atoms with van der Waals surface area (Å²) < 4.78 is 26.8. The van der Waals surface area contributed by atoms with E-state index in [2.05, 4.69) is 10.8 Å². The average Bonchev–Trinajstić information content (AvgIpc) is 3.38. The van der Waals surface area contributed by atoms with Crippen LogP contribution in [0, 0.1) is 6.92 Å². The van der Waals surface area contributed by atoms with Gasteiger partial charge >= 0.3 is 0 Å². The van der Waals surface area contributed by atoms with Crippen molar-refractivity contribution in [2.75, 3.05) is 19.3 Å². The number of hydrogen-bond donors (Lipinski definition) is 1. The summed E-state index contributed by atoms with van der Waals surface area (Å²) in [5.41, 5.74) is 3.81. The van der Waals surface area contributed by atoms with Crippen LogP contribution < -0.4 is 4.72 Å². The van der Waals surface area contributed by atoms with Gasteiger partial charge in [0.1, 0.15) is 0 Å². The van der Waals surface area contributed by atoms with Crippen LogP contribution in [0.15, 0.2) is 12.1 Å². The molecule has 2 aromatic heterocycles. The number of carbonyl (C=O) groups excluding carboxylic acids is 1. The van der Waals surface area contributed by atoms with E-state index in [4.69, 9.17) is 10.1 Å². The summed E-state index contributed by atoms with van der Waals surface area (Å²) in [5, 5.41) is 4.72. The molecule has 146 valence electrons. The van der Waals surface area contributed by atoms with E-state index in [1.165, 1.54) is 12.8 Å². The Hall–Kier alpha value is -2.00. The molecule has 1 saturated carbocycles. The average molecular weight is 391 g/mol. The Balaban J connectivity index is 1.61. The standard InChI is InChI=1S/C18H25N5O3S/c1-12-9-14(13-6-7-13)20-17-10-15(21-23(12)17)16-5-3-4-8-22(16)18(24)11-19-27(2,25)26/h9-10,13,16,19H,3-8,11H2,1-2H3. The first kappa shape index (κ1) is 18.4. The Morgan fingerprint density at radius 2 is 2.00 bits per heavy atom. The Bertz CT molecular complexity index is 980. The van der Waals surface area contributed by atoms with E-state index in [1.54, 1.807) is 4.90 Å². The molecule has 1 amide bonds. The van der Waals surface area contributed by atoms with Crippen LogP contribution in [-0.4, -0.2) is 53.2 Å². The number of piperidine rings is 1. The van der Waals surface area contributed by atoms with E-state index < -0.39 is 10.0 Å². The van der Waals surface area contributed by atoms with Gasteiger partial charge in [-0.2, -0.15) is 5.10 Å². The number of rotatable bonds is 5. The lowest BCUT2D eigenvalue weighted by Crippen LogP contribution is -2.44. The lowest BCUT2D eigenvalue weighted by Gasteiger charge is -2.34. The smallest absolute Gasteiger partial charge is 0.238 e. The molecule has 1 aliphatic carbocycles. The molecule has 1 unspecified atom stereocenters. The quantitative estimate of drug-likeness (QED) is 0.833. The molecule has 2 fully saturated rings. The van der Waals surface area contributed by atoms with Crippen LogP contribution in [0.4, 0.5) is 0 Å². The molecule has 0 aromatic carbocycles. The van der Waals surface area contributed by atoms with Crippen molar-refractivity contribution in [2.24, 2.45) is 0 Å². The number of sulfonamides is 1. The lowest BCUT2D eigenvalue weighted by atomic mass is 9.99. The van der Waals surface area contributed by atoms with Gasteiger partial charge in [0.05, 0.1) is 24.5 Å². The van der Waals surface area contributed by atoms with Gasteiger partial charge in [-0.25, -0.2) is 22.6 Å². The molecular formula is C18H25N5O3S. The molecule has 8 nitrogen and oxygen atoms in total. The number of nitrogens with one attached hydrogen (secondary N) is 1. The van der Waals surface area contributed by atoms with Gasteiger partial charge in [0, 0.05) is 29.9 Å². The minimum absolute atomic E-state index is 0.141. The number of aryl methyl sites for hydroxylation is 1. The van der Waals surface area contributed by atoms with Gasteiger partial charge in [-0.1, -0.05) is 0 Å². The molecule has 1 saturated heterocycles. The molecule has 0 bridgehead atoms. The third-order valence-electron chi connectivity index (χ3n) is 5.29. The van der Waals surface area contributed by atoms with Crippen LogP contribution in [0.2, 0.25) is 0 Å². The third kappa shape index (κ3) is 3.98. The Morgan fingerprint density at radius 3 is 2.70 bits per heavy atom. The maximum absolute atomic E-state index is 12.6. The fraction of sp³-hybridized carbons (Fsp3) is 0.611. The van der Waals surface area contributed by atoms with Gasteiger partial charge in [-0.15, -0.1) is 0 Å². The molecular weight excluding hydrogens is 366 g/mol. The molecule has 0 spiro atoms. The van der Waals surface area contributed by atoms with Crippen LogP contribution in [0.3, 0.4) is 0 Å². The van der Waals surface area contributed by atoms with Crippen molar-refractivity contribution in [3.8, 4) is 0 Å². The van der Waals surface area contributed by atoms with Gasteiger partial charge < -0.3 is 4.90 Å². The second-order valence-electron chi connectivity index (χ2n) is 7.63. The maximum atomic E-state index is 12.6. The van der Waals surface area contributed by atoms with Crippen molar-refractivity contribution in [2.45, 2.75) is 51.0 Å². The Kier molecular flexibility index (Phi) is 4.67. The zero-order valence-corrected chi connectivity index (χ0v) is 16.5. The summed E-state index contributed by atoms with van der Waals surface area (Å²) >= 11 is 0. The van der Waals surface area contributed by atoms with E-state index in [1.807, 2.05) is 17.5 Å². The second kappa shape index (κ2) is 6.87. The molecule has 27 heavy (non-hydrogen) atoms. The molecule has 0 radical (unpaired) electrons. The molecule has 9 heteroatoms.